The lowest BCUT2D eigenvalue weighted by atomic mass is 9.98. The van der Waals surface area contributed by atoms with E-state index in [1.165, 1.54) is 18.4 Å². The van der Waals surface area contributed by atoms with Gasteiger partial charge in [0.05, 0.1) is 12.0 Å². The van der Waals surface area contributed by atoms with Crippen molar-refractivity contribution in [3.8, 4) is 0 Å². The van der Waals surface area contributed by atoms with Crippen LogP contribution in [0.3, 0.4) is 0 Å². The number of carbonyl (C=O) groups excluding carboxylic acids is 1. The molecule has 1 saturated heterocycles. The minimum Gasteiger partial charge on any atom is -0.349 e. The summed E-state index contributed by atoms with van der Waals surface area (Å²) in [6, 6.07) is 7.98. The van der Waals surface area contributed by atoms with Crippen molar-refractivity contribution < 1.29 is 4.79 Å². The molecule has 2 fully saturated rings. The van der Waals surface area contributed by atoms with Crippen LogP contribution in [0.4, 0.5) is 0 Å². The SMILES string of the molecule is O=C(NC(c1ccc(Cl)cc1)C1CC1)C1CNC1. The number of hydrogen-bond acceptors (Lipinski definition) is 2. The molecule has 0 spiro atoms. The van der Waals surface area contributed by atoms with Gasteiger partial charge in [0.25, 0.3) is 0 Å². The van der Waals surface area contributed by atoms with Crippen molar-refractivity contribution in [1.82, 2.24) is 10.6 Å². The standard InChI is InChI=1S/C14H17ClN2O/c15-12-5-3-10(4-6-12)13(9-1-2-9)17-14(18)11-7-16-8-11/h3-6,9,11,13,16H,1-2,7-8H2,(H,17,18). The second-order valence-corrected chi connectivity index (χ2v) is 5.67. The van der Waals surface area contributed by atoms with Gasteiger partial charge < -0.3 is 10.6 Å². The van der Waals surface area contributed by atoms with Gasteiger partial charge in [0.2, 0.25) is 5.91 Å². The summed E-state index contributed by atoms with van der Waals surface area (Å²) in [7, 11) is 0. The van der Waals surface area contributed by atoms with Crippen molar-refractivity contribution in [2.75, 3.05) is 13.1 Å². The van der Waals surface area contributed by atoms with Gasteiger partial charge in [-0.2, -0.15) is 0 Å². The first-order chi connectivity index (χ1) is 8.74. The molecule has 3 rings (SSSR count). The van der Waals surface area contributed by atoms with Gasteiger partial charge in [0.15, 0.2) is 0 Å². The molecule has 1 aliphatic heterocycles. The third kappa shape index (κ3) is 2.52. The lowest BCUT2D eigenvalue weighted by Crippen LogP contribution is -2.51. The van der Waals surface area contributed by atoms with Crippen LogP contribution in [0.25, 0.3) is 0 Å². The second-order valence-electron chi connectivity index (χ2n) is 5.23. The Morgan fingerprint density at radius 2 is 1.94 bits per heavy atom. The van der Waals surface area contributed by atoms with Crippen LogP contribution in [-0.2, 0) is 4.79 Å². The third-order valence-electron chi connectivity index (χ3n) is 3.77. The fourth-order valence-electron chi connectivity index (χ4n) is 2.32. The van der Waals surface area contributed by atoms with E-state index in [1.807, 2.05) is 24.3 Å². The van der Waals surface area contributed by atoms with Crippen molar-refractivity contribution in [3.63, 3.8) is 0 Å². The molecule has 1 saturated carbocycles. The molecule has 4 heteroatoms. The van der Waals surface area contributed by atoms with Crippen LogP contribution in [0.15, 0.2) is 24.3 Å². The number of benzene rings is 1. The van der Waals surface area contributed by atoms with Gasteiger partial charge in [0.1, 0.15) is 0 Å². The van der Waals surface area contributed by atoms with E-state index in [0.29, 0.717) is 5.92 Å². The van der Waals surface area contributed by atoms with E-state index in [0.717, 1.165) is 18.1 Å². The maximum atomic E-state index is 12.0. The Morgan fingerprint density at radius 1 is 1.28 bits per heavy atom. The first-order valence-electron chi connectivity index (χ1n) is 6.50. The molecule has 0 aromatic heterocycles. The van der Waals surface area contributed by atoms with Crippen LogP contribution in [-0.4, -0.2) is 19.0 Å². The van der Waals surface area contributed by atoms with E-state index in [2.05, 4.69) is 10.6 Å². The fourth-order valence-corrected chi connectivity index (χ4v) is 2.44. The molecule has 1 aromatic rings. The van der Waals surface area contributed by atoms with E-state index < -0.39 is 0 Å². The Hall–Kier alpha value is -1.06. The number of halogens is 1. The monoisotopic (exact) mass is 264 g/mol. The summed E-state index contributed by atoms with van der Waals surface area (Å²) < 4.78 is 0. The van der Waals surface area contributed by atoms with Gasteiger partial charge in [-0.1, -0.05) is 23.7 Å². The zero-order valence-corrected chi connectivity index (χ0v) is 10.9. The number of hydrogen-bond donors (Lipinski definition) is 2. The summed E-state index contributed by atoms with van der Waals surface area (Å²) in [5, 5.41) is 7.06. The Balaban J connectivity index is 1.71. The van der Waals surface area contributed by atoms with Gasteiger partial charge in [-0.25, -0.2) is 0 Å². The van der Waals surface area contributed by atoms with Crippen LogP contribution < -0.4 is 10.6 Å². The summed E-state index contributed by atoms with van der Waals surface area (Å²) in [6.45, 7) is 1.62. The summed E-state index contributed by atoms with van der Waals surface area (Å²) in [5.74, 6) is 0.933. The molecule has 3 nitrogen and oxygen atoms in total. The molecule has 2 aliphatic rings. The highest BCUT2D eigenvalue weighted by Crippen LogP contribution is 2.41. The first kappa shape index (κ1) is 12.0. The second kappa shape index (κ2) is 4.90. The Morgan fingerprint density at radius 3 is 2.44 bits per heavy atom. The topological polar surface area (TPSA) is 41.1 Å². The molecule has 96 valence electrons. The smallest absolute Gasteiger partial charge is 0.226 e. The quantitative estimate of drug-likeness (QED) is 0.875. The van der Waals surface area contributed by atoms with Crippen LogP contribution in [0.1, 0.15) is 24.4 Å². The highest BCUT2D eigenvalue weighted by molar-refractivity contribution is 6.30. The van der Waals surface area contributed by atoms with Crippen molar-refractivity contribution in [2.24, 2.45) is 11.8 Å². The van der Waals surface area contributed by atoms with Gasteiger partial charge >= 0.3 is 0 Å². The average Bonchev–Trinajstić information content (AvgIpc) is 3.08. The average molecular weight is 265 g/mol. The Bertz CT molecular complexity index is 438. The number of carbonyl (C=O) groups is 1. The number of nitrogens with one attached hydrogen (secondary N) is 2. The Kier molecular flexibility index (Phi) is 3.27. The number of rotatable bonds is 4. The maximum Gasteiger partial charge on any atom is 0.226 e. The molecule has 2 N–H and O–H groups in total. The lowest BCUT2D eigenvalue weighted by Gasteiger charge is -2.28. The molecule has 1 unspecified atom stereocenters. The fraction of sp³-hybridized carbons (Fsp3) is 0.500. The normalized spacial score (nSPS) is 21.2. The minimum atomic E-state index is 0.151. The Labute approximate surface area is 112 Å². The molecule has 18 heavy (non-hydrogen) atoms. The van der Waals surface area contributed by atoms with E-state index in [9.17, 15) is 4.79 Å². The minimum absolute atomic E-state index is 0.151. The van der Waals surface area contributed by atoms with Crippen LogP contribution in [0, 0.1) is 11.8 Å². The summed E-state index contributed by atoms with van der Waals surface area (Å²) in [4.78, 5) is 12.0. The van der Waals surface area contributed by atoms with Gasteiger partial charge in [-0.15, -0.1) is 0 Å². The summed E-state index contributed by atoms with van der Waals surface area (Å²) in [5.41, 5.74) is 1.17. The van der Waals surface area contributed by atoms with Crippen LogP contribution in [0.2, 0.25) is 5.02 Å². The first-order valence-corrected chi connectivity index (χ1v) is 6.88. The molecule has 1 aliphatic carbocycles. The molecule has 1 heterocycles. The summed E-state index contributed by atoms with van der Waals surface area (Å²) >= 11 is 5.90. The van der Waals surface area contributed by atoms with E-state index in [1.54, 1.807) is 0 Å². The van der Waals surface area contributed by atoms with Crippen LogP contribution in [0.5, 0.6) is 0 Å². The number of amides is 1. The molecule has 1 atom stereocenters. The zero-order chi connectivity index (χ0) is 12.5. The maximum absolute atomic E-state index is 12.0. The lowest BCUT2D eigenvalue weighted by molar-refractivity contribution is -0.127. The van der Waals surface area contributed by atoms with Gasteiger partial charge in [-0.05, 0) is 36.5 Å². The van der Waals surface area contributed by atoms with Gasteiger partial charge in [0, 0.05) is 18.1 Å². The zero-order valence-electron chi connectivity index (χ0n) is 10.2. The van der Waals surface area contributed by atoms with Crippen molar-refractivity contribution in [1.29, 1.82) is 0 Å². The molecule has 0 radical (unpaired) electrons. The van der Waals surface area contributed by atoms with E-state index >= 15 is 0 Å². The van der Waals surface area contributed by atoms with Crippen molar-refractivity contribution >= 4 is 17.5 Å². The third-order valence-corrected chi connectivity index (χ3v) is 4.02. The van der Waals surface area contributed by atoms with E-state index in [4.69, 9.17) is 11.6 Å². The molecule has 0 bridgehead atoms. The van der Waals surface area contributed by atoms with Crippen molar-refractivity contribution in [2.45, 2.75) is 18.9 Å². The van der Waals surface area contributed by atoms with E-state index in [-0.39, 0.29) is 17.9 Å². The molecular formula is C14H17ClN2O. The summed E-state index contributed by atoms with van der Waals surface area (Å²) in [6.07, 6.45) is 2.41. The molecule has 1 aromatic carbocycles. The largest absolute Gasteiger partial charge is 0.349 e. The van der Waals surface area contributed by atoms with Gasteiger partial charge in [-0.3, -0.25) is 4.79 Å². The highest BCUT2D eigenvalue weighted by atomic mass is 35.5. The molecular weight excluding hydrogens is 248 g/mol. The highest BCUT2D eigenvalue weighted by Gasteiger charge is 2.35. The van der Waals surface area contributed by atoms with Crippen molar-refractivity contribution in [3.05, 3.63) is 34.9 Å². The molecule has 1 amide bonds. The van der Waals surface area contributed by atoms with Crippen LogP contribution >= 0.6 is 11.6 Å². The predicted octanol–water partition coefficient (Wildman–Crippen LogP) is 2.13. The predicted molar refractivity (Wildman–Crippen MR) is 71.4 cm³/mol.